The Morgan fingerprint density at radius 1 is 1.24 bits per heavy atom. The number of anilines is 1. The van der Waals surface area contributed by atoms with Gasteiger partial charge in [-0.3, -0.25) is 9.59 Å². The van der Waals surface area contributed by atoms with Crippen LogP contribution in [0.25, 0.3) is 0 Å². The number of hydrogen-bond donors (Lipinski definition) is 3. The molecule has 1 heterocycles. The topological polar surface area (TPSA) is 93.5 Å². The summed E-state index contributed by atoms with van der Waals surface area (Å²) in [5, 5.41) is 6.12. The van der Waals surface area contributed by atoms with E-state index in [4.69, 9.17) is 10.5 Å². The van der Waals surface area contributed by atoms with Gasteiger partial charge in [-0.2, -0.15) is 0 Å². The Kier molecular flexibility index (Phi) is 6.98. The molecule has 2 rings (SSSR count). The van der Waals surface area contributed by atoms with Crippen molar-refractivity contribution in [1.29, 1.82) is 0 Å². The number of nitrogens with one attached hydrogen (secondary N) is 2. The van der Waals surface area contributed by atoms with Crippen molar-refractivity contribution in [2.75, 3.05) is 25.0 Å². The summed E-state index contributed by atoms with van der Waals surface area (Å²) in [6.07, 6.45) is 1.73. The highest BCUT2D eigenvalue weighted by molar-refractivity contribution is 5.92. The number of rotatable bonds is 5. The SMILES string of the molecule is Cl.NC(=O)COc1ccc(NC(=O)C2CCNCC2)cc1. The highest BCUT2D eigenvalue weighted by Gasteiger charge is 2.20. The number of piperidine rings is 1. The van der Waals surface area contributed by atoms with Gasteiger partial charge in [0, 0.05) is 11.6 Å². The number of hydrogen-bond acceptors (Lipinski definition) is 4. The maximum absolute atomic E-state index is 12.0. The van der Waals surface area contributed by atoms with Gasteiger partial charge in [-0.15, -0.1) is 12.4 Å². The van der Waals surface area contributed by atoms with Crippen LogP contribution in [0.1, 0.15) is 12.8 Å². The van der Waals surface area contributed by atoms with Crippen LogP contribution in [0.4, 0.5) is 5.69 Å². The van der Waals surface area contributed by atoms with Gasteiger partial charge < -0.3 is 21.1 Å². The smallest absolute Gasteiger partial charge is 0.255 e. The standard InChI is InChI=1S/C14H19N3O3.ClH/c15-13(18)9-20-12-3-1-11(2-4-12)17-14(19)10-5-7-16-8-6-10;/h1-4,10,16H,5-9H2,(H2,15,18)(H,17,19);1H. The summed E-state index contributed by atoms with van der Waals surface area (Å²) >= 11 is 0. The van der Waals surface area contributed by atoms with Crippen LogP contribution in [0.2, 0.25) is 0 Å². The molecule has 0 bridgehead atoms. The van der Waals surface area contributed by atoms with E-state index in [2.05, 4.69) is 10.6 Å². The zero-order chi connectivity index (χ0) is 14.4. The minimum absolute atomic E-state index is 0. The fraction of sp³-hybridized carbons (Fsp3) is 0.429. The van der Waals surface area contributed by atoms with E-state index in [1.54, 1.807) is 24.3 Å². The van der Waals surface area contributed by atoms with Crippen LogP contribution in [-0.4, -0.2) is 31.5 Å². The van der Waals surface area contributed by atoms with E-state index in [9.17, 15) is 9.59 Å². The highest BCUT2D eigenvalue weighted by atomic mass is 35.5. The van der Waals surface area contributed by atoms with Crippen molar-refractivity contribution in [3.63, 3.8) is 0 Å². The number of nitrogens with two attached hydrogens (primary N) is 1. The molecule has 1 saturated heterocycles. The minimum Gasteiger partial charge on any atom is -0.484 e. The maximum Gasteiger partial charge on any atom is 0.255 e. The first-order chi connectivity index (χ1) is 9.65. The highest BCUT2D eigenvalue weighted by Crippen LogP contribution is 2.18. The first-order valence-electron chi connectivity index (χ1n) is 6.68. The Hall–Kier alpha value is -1.79. The van der Waals surface area contributed by atoms with Crippen LogP contribution >= 0.6 is 12.4 Å². The summed E-state index contributed by atoms with van der Waals surface area (Å²) in [5.74, 6) is 0.149. The minimum atomic E-state index is -0.520. The Labute approximate surface area is 129 Å². The zero-order valence-electron chi connectivity index (χ0n) is 11.6. The molecule has 0 aliphatic carbocycles. The van der Waals surface area contributed by atoms with E-state index in [1.807, 2.05) is 0 Å². The van der Waals surface area contributed by atoms with Crippen molar-refractivity contribution in [3.8, 4) is 5.75 Å². The van der Waals surface area contributed by atoms with Gasteiger partial charge in [0.2, 0.25) is 5.91 Å². The molecule has 0 radical (unpaired) electrons. The van der Waals surface area contributed by atoms with E-state index in [0.29, 0.717) is 5.75 Å². The van der Waals surface area contributed by atoms with Crippen LogP contribution in [-0.2, 0) is 9.59 Å². The normalized spacial score (nSPS) is 14.9. The number of primary amides is 1. The number of ether oxygens (including phenoxy) is 1. The second kappa shape index (κ2) is 8.49. The molecule has 7 heteroatoms. The van der Waals surface area contributed by atoms with Gasteiger partial charge in [0.05, 0.1) is 0 Å². The summed E-state index contributed by atoms with van der Waals surface area (Å²) in [5.41, 5.74) is 5.71. The number of amides is 2. The lowest BCUT2D eigenvalue weighted by atomic mass is 9.97. The predicted octanol–water partition coefficient (Wildman–Crippen LogP) is 0.911. The van der Waals surface area contributed by atoms with E-state index in [1.165, 1.54) is 0 Å². The number of carbonyl (C=O) groups excluding carboxylic acids is 2. The lowest BCUT2D eigenvalue weighted by Crippen LogP contribution is -2.34. The molecule has 116 valence electrons. The molecule has 2 amide bonds. The van der Waals surface area contributed by atoms with Crippen LogP contribution in [0, 0.1) is 5.92 Å². The Morgan fingerprint density at radius 3 is 2.43 bits per heavy atom. The molecule has 1 aromatic rings. The van der Waals surface area contributed by atoms with Crippen molar-refractivity contribution in [2.45, 2.75) is 12.8 Å². The molecule has 1 aliphatic heterocycles. The third-order valence-electron chi connectivity index (χ3n) is 3.21. The van der Waals surface area contributed by atoms with E-state index >= 15 is 0 Å². The van der Waals surface area contributed by atoms with Crippen molar-refractivity contribution in [2.24, 2.45) is 11.7 Å². The molecule has 0 spiro atoms. The van der Waals surface area contributed by atoms with Gasteiger partial charge in [-0.05, 0) is 50.2 Å². The van der Waals surface area contributed by atoms with Crippen LogP contribution in [0.5, 0.6) is 5.75 Å². The summed E-state index contributed by atoms with van der Waals surface area (Å²) in [4.78, 5) is 22.6. The van der Waals surface area contributed by atoms with E-state index in [-0.39, 0.29) is 30.8 Å². The van der Waals surface area contributed by atoms with Crippen molar-refractivity contribution in [1.82, 2.24) is 5.32 Å². The molecule has 6 nitrogen and oxygen atoms in total. The molecule has 0 atom stereocenters. The monoisotopic (exact) mass is 313 g/mol. The quantitative estimate of drug-likeness (QED) is 0.753. The van der Waals surface area contributed by atoms with Crippen molar-refractivity contribution in [3.05, 3.63) is 24.3 Å². The lowest BCUT2D eigenvalue weighted by molar-refractivity contribution is -0.121. The number of halogens is 1. The van der Waals surface area contributed by atoms with Gasteiger partial charge in [0.15, 0.2) is 6.61 Å². The summed E-state index contributed by atoms with van der Waals surface area (Å²) < 4.78 is 5.15. The van der Waals surface area contributed by atoms with E-state index in [0.717, 1.165) is 31.6 Å². The van der Waals surface area contributed by atoms with E-state index < -0.39 is 5.91 Å². The Balaban J connectivity index is 0.00000220. The molecule has 0 saturated carbocycles. The predicted molar refractivity (Wildman–Crippen MR) is 82.6 cm³/mol. The first kappa shape index (κ1) is 17.3. The molecule has 0 aromatic heterocycles. The fourth-order valence-corrected chi connectivity index (χ4v) is 2.12. The molecule has 4 N–H and O–H groups in total. The summed E-state index contributed by atoms with van der Waals surface area (Å²) in [6, 6.07) is 6.88. The van der Waals surface area contributed by atoms with Gasteiger partial charge in [0.1, 0.15) is 5.75 Å². The summed E-state index contributed by atoms with van der Waals surface area (Å²) in [6.45, 7) is 1.62. The first-order valence-corrected chi connectivity index (χ1v) is 6.68. The average molecular weight is 314 g/mol. The van der Waals surface area contributed by atoms with Crippen LogP contribution in [0.15, 0.2) is 24.3 Å². The Bertz CT molecular complexity index is 473. The lowest BCUT2D eigenvalue weighted by Gasteiger charge is -2.21. The third kappa shape index (κ3) is 5.61. The molecular weight excluding hydrogens is 294 g/mol. The van der Waals surface area contributed by atoms with Gasteiger partial charge >= 0.3 is 0 Å². The van der Waals surface area contributed by atoms with Gasteiger partial charge in [-0.1, -0.05) is 0 Å². The molecule has 1 aromatic carbocycles. The molecule has 0 unspecified atom stereocenters. The largest absolute Gasteiger partial charge is 0.484 e. The van der Waals surface area contributed by atoms with Crippen LogP contribution in [0.3, 0.4) is 0 Å². The summed E-state index contributed by atoms with van der Waals surface area (Å²) in [7, 11) is 0. The fourth-order valence-electron chi connectivity index (χ4n) is 2.12. The second-order valence-corrected chi connectivity index (χ2v) is 4.79. The molecular formula is C14H20ClN3O3. The Morgan fingerprint density at radius 2 is 1.86 bits per heavy atom. The molecule has 1 fully saturated rings. The second-order valence-electron chi connectivity index (χ2n) is 4.79. The zero-order valence-corrected chi connectivity index (χ0v) is 12.4. The number of benzene rings is 1. The van der Waals surface area contributed by atoms with Gasteiger partial charge in [0.25, 0.3) is 5.91 Å². The number of carbonyl (C=O) groups is 2. The third-order valence-corrected chi connectivity index (χ3v) is 3.21. The van der Waals surface area contributed by atoms with Crippen molar-refractivity contribution >= 4 is 29.9 Å². The molecule has 1 aliphatic rings. The maximum atomic E-state index is 12.0. The van der Waals surface area contributed by atoms with Crippen LogP contribution < -0.4 is 21.1 Å². The average Bonchev–Trinajstić information content (AvgIpc) is 2.47. The molecule has 21 heavy (non-hydrogen) atoms. The van der Waals surface area contributed by atoms with Crippen molar-refractivity contribution < 1.29 is 14.3 Å². The van der Waals surface area contributed by atoms with Gasteiger partial charge in [-0.25, -0.2) is 0 Å².